The summed E-state index contributed by atoms with van der Waals surface area (Å²) < 4.78 is 1.26. The van der Waals surface area contributed by atoms with E-state index in [1.807, 2.05) is 24.2 Å². The lowest BCUT2D eigenvalue weighted by Crippen LogP contribution is -2.46. The summed E-state index contributed by atoms with van der Waals surface area (Å²) in [5.41, 5.74) is 4.36. The van der Waals surface area contributed by atoms with Crippen molar-refractivity contribution in [2.75, 3.05) is 37.3 Å². The van der Waals surface area contributed by atoms with Crippen molar-refractivity contribution in [1.29, 1.82) is 0 Å². The summed E-state index contributed by atoms with van der Waals surface area (Å²) in [5.74, 6) is 0.844. The molecule has 124 valence electrons. The van der Waals surface area contributed by atoms with Crippen molar-refractivity contribution in [1.82, 2.24) is 19.9 Å². The molecular formula is C17H19N5S2. The number of anilines is 1. The summed E-state index contributed by atoms with van der Waals surface area (Å²) in [5, 5.41) is 0. The maximum absolute atomic E-state index is 4.48. The molecule has 1 fully saturated rings. The summed E-state index contributed by atoms with van der Waals surface area (Å²) in [4.78, 5) is 19.2. The molecule has 0 N–H and O–H groups in total. The lowest BCUT2D eigenvalue weighted by molar-refractivity contribution is 0.249. The molecule has 0 bridgehead atoms. The average Bonchev–Trinajstić information content (AvgIpc) is 3.10. The maximum Gasteiger partial charge on any atom is 0.225 e. The highest BCUT2D eigenvalue weighted by Crippen LogP contribution is 2.21. The zero-order valence-corrected chi connectivity index (χ0v) is 15.2. The van der Waals surface area contributed by atoms with Crippen molar-refractivity contribution in [3.63, 3.8) is 0 Å². The number of aromatic nitrogens is 3. The largest absolute Gasteiger partial charge is 0.338 e. The second kappa shape index (κ2) is 7.04. The van der Waals surface area contributed by atoms with Crippen molar-refractivity contribution >= 4 is 39.3 Å². The standard InChI is InChI=1S/C17H19N5S2/c1-23-14-9-18-17(19-10-14)22-6-4-21(5-7-22)11-13-2-3-16-15(8-13)20-12-24-16/h2-3,8-10,12H,4-7,11H2,1H3. The Kier molecular flexibility index (Phi) is 4.64. The smallest absolute Gasteiger partial charge is 0.225 e. The van der Waals surface area contributed by atoms with Gasteiger partial charge in [0.15, 0.2) is 0 Å². The molecule has 3 heterocycles. The number of piperazine rings is 1. The molecule has 7 heteroatoms. The SMILES string of the molecule is CSc1cnc(N2CCN(Cc3ccc4scnc4c3)CC2)nc1. The first-order chi connectivity index (χ1) is 11.8. The van der Waals surface area contributed by atoms with Gasteiger partial charge < -0.3 is 4.90 Å². The summed E-state index contributed by atoms with van der Waals surface area (Å²) in [6.07, 6.45) is 5.85. The minimum atomic E-state index is 0.844. The Balaban J connectivity index is 1.36. The zero-order valence-electron chi connectivity index (χ0n) is 13.6. The lowest BCUT2D eigenvalue weighted by Gasteiger charge is -2.34. The molecule has 0 unspecified atom stereocenters. The molecule has 0 saturated carbocycles. The Bertz CT molecular complexity index is 809. The van der Waals surface area contributed by atoms with Gasteiger partial charge in [0, 0.05) is 50.0 Å². The van der Waals surface area contributed by atoms with Gasteiger partial charge in [0.1, 0.15) is 0 Å². The third-order valence-electron chi connectivity index (χ3n) is 4.31. The number of hydrogen-bond acceptors (Lipinski definition) is 7. The molecule has 1 aliphatic rings. The summed E-state index contributed by atoms with van der Waals surface area (Å²) in [6, 6.07) is 6.61. The van der Waals surface area contributed by atoms with Crippen LogP contribution in [0.1, 0.15) is 5.56 Å². The highest BCUT2D eigenvalue weighted by atomic mass is 32.2. The Hall–Kier alpha value is -1.70. The second-order valence-electron chi connectivity index (χ2n) is 5.84. The van der Waals surface area contributed by atoms with Gasteiger partial charge in [-0.25, -0.2) is 15.0 Å². The molecule has 5 nitrogen and oxygen atoms in total. The summed E-state index contributed by atoms with van der Waals surface area (Å²) >= 11 is 3.37. The number of thiazole rings is 1. The number of fused-ring (bicyclic) bond motifs is 1. The highest BCUT2D eigenvalue weighted by molar-refractivity contribution is 7.98. The molecule has 0 spiro atoms. The highest BCUT2D eigenvalue weighted by Gasteiger charge is 2.19. The quantitative estimate of drug-likeness (QED) is 0.669. The molecule has 24 heavy (non-hydrogen) atoms. The van der Waals surface area contributed by atoms with Crippen LogP contribution in [0.2, 0.25) is 0 Å². The lowest BCUT2D eigenvalue weighted by atomic mass is 10.2. The predicted octanol–water partition coefficient (Wildman–Crippen LogP) is 3.13. The third-order valence-corrected chi connectivity index (χ3v) is 5.80. The van der Waals surface area contributed by atoms with E-state index in [1.54, 1.807) is 23.1 Å². The van der Waals surface area contributed by atoms with Crippen LogP contribution in [0.3, 0.4) is 0 Å². The van der Waals surface area contributed by atoms with Crippen LogP contribution >= 0.6 is 23.1 Å². The van der Waals surface area contributed by atoms with Crippen LogP contribution in [0, 0.1) is 0 Å². The van der Waals surface area contributed by atoms with E-state index in [1.165, 1.54) is 10.3 Å². The monoisotopic (exact) mass is 357 g/mol. The van der Waals surface area contributed by atoms with Crippen molar-refractivity contribution < 1.29 is 0 Å². The number of hydrogen-bond donors (Lipinski definition) is 0. The van der Waals surface area contributed by atoms with Gasteiger partial charge in [0.2, 0.25) is 5.95 Å². The van der Waals surface area contributed by atoms with E-state index in [9.17, 15) is 0 Å². The second-order valence-corrected chi connectivity index (χ2v) is 7.61. The van der Waals surface area contributed by atoms with Gasteiger partial charge in [0.05, 0.1) is 15.7 Å². The van der Waals surface area contributed by atoms with Crippen LogP contribution in [0.25, 0.3) is 10.2 Å². The molecule has 2 aromatic heterocycles. The maximum atomic E-state index is 4.48. The third kappa shape index (κ3) is 3.38. The molecule has 0 aliphatic carbocycles. The molecule has 4 rings (SSSR count). The fourth-order valence-electron chi connectivity index (χ4n) is 2.94. The molecular weight excluding hydrogens is 338 g/mol. The van der Waals surface area contributed by atoms with Gasteiger partial charge in [0.25, 0.3) is 0 Å². The van der Waals surface area contributed by atoms with Gasteiger partial charge in [-0.3, -0.25) is 4.90 Å². The van der Waals surface area contributed by atoms with Crippen LogP contribution in [0.5, 0.6) is 0 Å². The average molecular weight is 358 g/mol. The first kappa shape index (κ1) is 15.8. The van der Waals surface area contributed by atoms with Crippen LogP contribution in [-0.4, -0.2) is 52.3 Å². The van der Waals surface area contributed by atoms with Crippen molar-refractivity contribution in [2.24, 2.45) is 0 Å². The van der Waals surface area contributed by atoms with Crippen LogP contribution in [0.4, 0.5) is 5.95 Å². The summed E-state index contributed by atoms with van der Waals surface area (Å²) in [6.45, 7) is 4.98. The van der Waals surface area contributed by atoms with Gasteiger partial charge in [-0.1, -0.05) is 6.07 Å². The van der Waals surface area contributed by atoms with Crippen molar-refractivity contribution in [3.05, 3.63) is 41.7 Å². The normalized spacial score (nSPS) is 16.0. The number of rotatable bonds is 4. The molecule has 1 aromatic carbocycles. The van der Waals surface area contributed by atoms with Crippen molar-refractivity contribution in [2.45, 2.75) is 11.4 Å². The molecule has 0 amide bonds. The van der Waals surface area contributed by atoms with Gasteiger partial charge >= 0.3 is 0 Å². The van der Waals surface area contributed by atoms with Crippen LogP contribution < -0.4 is 4.90 Å². The molecule has 3 aromatic rings. The zero-order chi connectivity index (χ0) is 16.4. The molecule has 1 aliphatic heterocycles. The Morgan fingerprint density at radius 1 is 1.08 bits per heavy atom. The van der Waals surface area contributed by atoms with Gasteiger partial charge in [-0.2, -0.15) is 0 Å². The minimum Gasteiger partial charge on any atom is -0.338 e. The van der Waals surface area contributed by atoms with E-state index in [-0.39, 0.29) is 0 Å². The van der Waals surface area contributed by atoms with Crippen LogP contribution in [0.15, 0.2) is 41.0 Å². The fraction of sp³-hybridized carbons (Fsp3) is 0.353. The van der Waals surface area contributed by atoms with Gasteiger partial charge in [-0.15, -0.1) is 23.1 Å². The van der Waals surface area contributed by atoms with Crippen molar-refractivity contribution in [3.8, 4) is 0 Å². The molecule has 0 atom stereocenters. The van der Waals surface area contributed by atoms with Gasteiger partial charge in [-0.05, 0) is 24.0 Å². The van der Waals surface area contributed by atoms with E-state index in [2.05, 4.69) is 43.0 Å². The van der Waals surface area contributed by atoms with Crippen LogP contribution in [-0.2, 0) is 6.54 Å². The molecule has 1 saturated heterocycles. The first-order valence-corrected chi connectivity index (χ1v) is 10.1. The minimum absolute atomic E-state index is 0.844. The van der Waals surface area contributed by atoms with E-state index in [4.69, 9.17) is 0 Å². The predicted molar refractivity (Wildman–Crippen MR) is 101 cm³/mol. The number of benzene rings is 1. The Morgan fingerprint density at radius 2 is 1.88 bits per heavy atom. The Morgan fingerprint density at radius 3 is 2.62 bits per heavy atom. The fourth-order valence-corrected chi connectivity index (χ4v) is 3.92. The van der Waals surface area contributed by atoms with E-state index in [0.717, 1.165) is 49.1 Å². The Labute approximate surface area is 149 Å². The van der Waals surface area contributed by atoms with E-state index >= 15 is 0 Å². The molecule has 0 radical (unpaired) electrons. The topological polar surface area (TPSA) is 45.2 Å². The first-order valence-electron chi connectivity index (χ1n) is 7.97. The van der Waals surface area contributed by atoms with E-state index in [0.29, 0.717) is 0 Å². The van der Waals surface area contributed by atoms with E-state index < -0.39 is 0 Å². The number of thioether (sulfide) groups is 1. The number of nitrogens with zero attached hydrogens (tertiary/aromatic N) is 5. The summed E-state index contributed by atoms with van der Waals surface area (Å²) in [7, 11) is 0.